The third-order valence-electron chi connectivity index (χ3n) is 11.9. The van der Waals surface area contributed by atoms with Gasteiger partial charge in [-0.1, -0.05) is 182 Å². The summed E-state index contributed by atoms with van der Waals surface area (Å²) in [5.74, 6) is 0. The van der Waals surface area contributed by atoms with Crippen molar-refractivity contribution in [2.45, 2.75) is 133 Å². The molecule has 304 valence electrons. The fourth-order valence-electron chi connectivity index (χ4n) is 9.58. The van der Waals surface area contributed by atoms with Crippen LogP contribution in [-0.4, -0.2) is 8.07 Å². The molecule has 0 aliphatic carbocycles. The van der Waals surface area contributed by atoms with E-state index in [1.54, 1.807) is 5.19 Å². The zero-order valence-electron chi connectivity index (χ0n) is 37.6. The van der Waals surface area contributed by atoms with Crippen LogP contribution in [0.1, 0.15) is 104 Å². The molecule has 6 rings (SSSR count). The van der Waals surface area contributed by atoms with E-state index < -0.39 is 24.2 Å². The highest BCUT2D eigenvalue weighted by atomic mass is 31.2. The molecule has 0 N–H and O–H groups in total. The first-order chi connectivity index (χ1) is 27.9. The molecule has 6 aromatic carbocycles. The Bertz CT molecular complexity index is 2030. The molecule has 4 heteroatoms. The highest BCUT2D eigenvalue weighted by molar-refractivity contribution is 7.90. The van der Waals surface area contributed by atoms with Gasteiger partial charge in [-0.2, -0.15) is 0 Å². The van der Waals surface area contributed by atoms with Gasteiger partial charge in [0, 0.05) is 26.6 Å². The SMILES string of the molecule is CCCC[Si](CCCC)(CCCC)c1ccc(N(P(c2cc(C)cc(C)c2)c2cc(C)cc(C)c2)P(c2cc(C)cc(C)c2)c2cc(C)cc(C)c2)c2ccccc12. The Kier molecular flexibility index (Phi) is 14.9. The van der Waals surface area contributed by atoms with Crippen LogP contribution in [0.3, 0.4) is 0 Å². The van der Waals surface area contributed by atoms with Gasteiger partial charge in [0.1, 0.15) is 0 Å². The van der Waals surface area contributed by atoms with Crippen LogP contribution in [0.4, 0.5) is 5.69 Å². The topological polar surface area (TPSA) is 3.24 Å². The summed E-state index contributed by atoms with van der Waals surface area (Å²) in [4.78, 5) is 0. The van der Waals surface area contributed by atoms with Crippen molar-refractivity contribution < 1.29 is 0 Å². The highest BCUT2D eigenvalue weighted by Crippen LogP contribution is 2.59. The van der Waals surface area contributed by atoms with Crippen molar-refractivity contribution in [2.75, 3.05) is 4.44 Å². The van der Waals surface area contributed by atoms with Crippen molar-refractivity contribution in [1.29, 1.82) is 0 Å². The van der Waals surface area contributed by atoms with E-state index in [-0.39, 0.29) is 0 Å². The van der Waals surface area contributed by atoms with Gasteiger partial charge in [0.15, 0.2) is 0 Å². The first kappa shape index (κ1) is 44.0. The Morgan fingerprint density at radius 3 is 1.02 bits per heavy atom. The fourth-order valence-corrected chi connectivity index (χ4v) is 22.3. The normalized spacial score (nSPS) is 11.9. The summed E-state index contributed by atoms with van der Waals surface area (Å²) in [7, 11) is -3.93. The second kappa shape index (κ2) is 19.7. The van der Waals surface area contributed by atoms with Crippen molar-refractivity contribution in [3.8, 4) is 0 Å². The lowest BCUT2D eigenvalue weighted by Gasteiger charge is -2.42. The maximum absolute atomic E-state index is 2.98. The van der Waals surface area contributed by atoms with Crippen LogP contribution < -0.4 is 30.8 Å². The number of unbranched alkanes of at least 4 members (excludes halogenated alkanes) is 3. The van der Waals surface area contributed by atoms with Crippen molar-refractivity contribution in [3.05, 3.63) is 154 Å². The molecule has 0 amide bonds. The Morgan fingerprint density at radius 1 is 0.397 bits per heavy atom. The number of hydrogen-bond donors (Lipinski definition) is 0. The molecule has 0 saturated carbocycles. The first-order valence-electron chi connectivity index (χ1n) is 22.1. The number of benzene rings is 6. The standard InChI is InChI=1S/C54H69NP2Si/c1-12-15-24-58(25-16-13-2,26-17-14-3)54-23-22-53(51-20-18-19-21-52(51)54)55(56(47-31-39(4)27-40(5)32-47)48-33-41(6)28-42(7)34-48)57(49-35-43(8)29-44(9)36-49)50-37-45(10)30-46(11)38-50/h18-23,27-38H,12-17,24-26H2,1-11H3. The van der Waals surface area contributed by atoms with E-state index in [1.165, 1.54) is 139 Å². The second-order valence-electron chi connectivity index (χ2n) is 17.6. The molecule has 6 aromatic rings. The molecule has 0 aromatic heterocycles. The van der Waals surface area contributed by atoms with E-state index in [2.05, 4.69) is 190 Å². The summed E-state index contributed by atoms with van der Waals surface area (Å²) in [6.07, 6.45) is 7.79. The van der Waals surface area contributed by atoms with E-state index in [1.807, 2.05) is 0 Å². The number of anilines is 1. The lowest BCUT2D eigenvalue weighted by Crippen LogP contribution is -2.48. The molecule has 0 unspecified atom stereocenters. The summed E-state index contributed by atoms with van der Waals surface area (Å²) in [5, 5.41) is 10.3. The van der Waals surface area contributed by atoms with Crippen LogP contribution >= 0.6 is 16.1 Å². The summed E-state index contributed by atoms with van der Waals surface area (Å²) < 4.78 is 2.98. The summed E-state index contributed by atoms with van der Waals surface area (Å²) in [6.45, 7) is 25.4. The molecule has 0 bridgehead atoms. The van der Waals surface area contributed by atoms with Crippen LogP contribution in [0.15, 0.2) is 109 Å². The average Bonchev–Trinajstić information content (AvgIpc) is 3.16. The fraction of sp³-hybridized carbons (Fsp3) is 0.370. The molecule has 0 heterocycles. The van der Waals surface area contributed by atoms with E-state index in [0.717, 1.165) is 0 Å². The molecular formula is C54H69NP2Si. The monoisotopic (exact) mass is 821 g/mol. The van der Waals surface area contributed by atoms with E-state index in [9.17, 15) is 0 Å². The molecular weight excluding hydrogens is 753 g/mol. The van der Waals surface area contributed by atoms with E-state index >= 15 is 0 Å². The van der Waals surface area contributed by atoms with E-state index in [0.29, 0.717) is 0 Å². The quantitative estimate of drug-likeness (QED) is 0.0654. The molecule has 58 heavy (non-hydrogen) atoms. The third kappa shape index (κ3) is 10.1. The van der Waals surface area contributed by atoms with Crippen molar-refractivity contribution in [3.63, 3.8) is 0 Å². The molecule has 0 aliphatic heterocycles. The molecule has 0 saturated heterocycles. The highest BCUT2D eigenvalue weighted by Gasteiger charge is 2.38. The van der Waals surface area contributed by atoms with Crippen LogP contribution in [0, 0.1) is 55.4 Å². The van der Waals surface area contributed by atoms with Gasteiger partial charge in [-0.15, -0.1) is 0 Å². The maximum Gasteiger partial charge on any atom is 0.0875 e. The molecule has 0 aliphatic rings. The van der Waals surface area contributed by atoms with Crippen LogP contribution in [-0.2, 0) is 0 Å². The van der Waals surface area contributed by atoms with Crippen LogP contribution in [0.5, 0.6) is 0 Å². The zero-order valence-corrected chi connectivity index (χ0v) is 40.4. The van der Waals surface area contributed by atoms with Crippen molar-refractivity contribution >= 4 is 67.1 Å². The number of aryl methyl sites for hydroxylation is 8. The second-order valence-corrected chi connectivity index (χ2v) is 26.6. The Balaban J connectivity index is 1.79. The lowest BCUT2D eigenvalue weighted by atomic mass is 10.1. The zero-order chi connectivity index (χ0) is 41.6. The molecule has 0 atom stereocenters. The number of rotatable bonds is 17. The largest absolute Gasteiger partial charge is 0.312 e. The molecule has 0 radical (unpaired) electrons. The number of hydrogen-bond acceptors (Lipinski definition) is 1. The van der Waals surface area contributed by atoms with E-state index in [4.69, 9.17) is 0 Å². The van der Waals surface area contributed by atoms with Gasteiger partial charge in [-0.3, -0.25) is 0 Å². The van der Waals surface area contributed by atoms with Crippen molar-refractivity contribution in [1.82, 2.24) is 0 Å². The molecule has 1 nitrogen and oxygen atoms in total. The lowest BCUT2D eigenvalue weighted by molar-refractivity contribution is 0.801. The summed E-state index contributed by atoms with van der Waals surface area (Å²) in [6, 6.07) is 48.4. The summed E-state index contributed by atoms with van der Waals surface area (Å²) >= 11 is 0. The van der Waals surface area contributed by atoms with Crippen molar-refractivity contribution in [2.24, 2.45) is 0 Å². The van der Waals surface area contributed by atoms with Gasteiger partial charge >= 0.3 is 0 Å². The minimum absolute atomic E-state index is 1.05. The van der Waals surface area contributed by atoms with Crippen LogP contribution in [0.2, 0.25) is 18.1 Å². The van der Waals surface area contributed by atoms with Crippen LogP contribution in [0.25, 0.3) is 10.8 Å². The van der Waals surface area contributed by atoms with Gasteiger partial charge in [-0.25, -0.2) is 0 Å². The summed E-state index contributed by atoms with van der Waals surface area (Å²) in [5.41, 5.74) is 12.0. The predicted molar refractivity (Wildman–Crippen MR) is 267 cm³/mol. The predicted octanol–water partition coefficient (Wildman–Crippen LogP) is 14.3. The number of nitrogens with zero attached hydrogens (tertiary/aromatic N) is 1. The van der Waals surface area contributed by atoms with Gasteiger partial charge in [0.2, 0.25) is 0 Å². The average molecular weight is 822 g/mol. The first-order valence-corrected chi connectivity index (χ1v) is 27.3. The Hall–Kier alpha value is -3.54. The number of fused-ring (bicyclic) bond motifs is 1. The molecule has 0 fully saturated rings. The van der Waals surface area contributed by atoms with Gasteiger partial charge in [-0.05, 0) is 115 Å². The van der Waals surface area contributed by atoms with Gasteiger partial charge < -0.3 is 4.44 Å². The smallest absolute Gasteiger partial charge is 0.0875 e. The Morgan fingerprint density at radius 2 is 0.707 bits per heavy atom. The Labute approximate surface area is 356 Å². The minimum atomic E-state index is -1.83. The molecule has 0 spiro atoms. The van der Waals surface area contributed by atoms with Gasteiger partial charge in [0.25, 0.3) is 0 Å². The maximum atomic E-state index is 2.98. The van der Waals surface area contributed by atoms with Gasteiger partial charge in [0.05, 0.1) is 29.9 Å². The minimum Gasteiger partial charge on any atom is -0.312 e. The third-order valence-corrected chi connectivity index (χ3v) is 22.7.